The van der Waals surface area contributed by atoms with Gasteiger partial charge in [-0.05, 0) is 32.4 Å². The highest BCUT2D eigenvalue weighted by Crippen LogP contribution is 2.44. The van der Waals surface area contributed by atoms with Gasteiger partial charge in [0.1, 0.15) is 17.7 Å². The second kappa shape index (κ2) is 9.69. The average Bonchev–Trinajstić information content (AvgIpc) is 3.05. The van der Waals surface area contributed by atoms with E-state index in [0.29, 0.717) is 18.8 Å². The van der Waals surface area contributed by atoms with Crippen molar-refractivity contribution < 1.29 is 28.0 Å². The van der Waals surface area contributed by atoms with E-state index < -0.39 is 20.2 Å². The molecule has 1 aliphatic heterocycles. The Hall–Kier alpha value is -2.59. The van der Waals surface area contributed by atoms with Gasteiger partial charge in [-0.15, -0.1) is 0 Å². The molecule has 4 atom stereocenters. The Labute approximate surface area is 180 Å². The number of nitrogens with one attached hydrogen (secondary N) is 1. The summed E-state index contributed by atoms with van der Waals surface area (Å²) in [6.07, 6.45) is -0.307. The Bertz CT molecular complexity index is 944. The fourth-order valence-electron chi connectivity index (χ4n) is 3.11. The van der Waals surface area contributed by atoms with E-state index in [0.717, 1.165) is 5.56 Å². The summed E-state index contributed by atoms with van der Waals surface area (Å²) in [4.78, 5) is 18.1. The minimum absolute atomic E-state index is 0.0140. The second-order valence-corrected chi connectivity index (χ2v) is 8.66. The van der Waals surface area contributed by atoms with Gasteiger partial charge < -0.3 is 30.8 Å². The lowest BCUT2D eigenvalue weighted by Crippen LogP contribution is -2.27. The van der Waals surface area contributed by atoms with Crippen molar-refractivity contribution in [3.05, 3.63) is 29.8 Å². The number of phosphoric ester groups is 1. The average molecular weight is 453 g/mol. The van der Waals surface area contributed by atoms with Crippen molar-refractivity contribution in [2.75, 3.05) is 30.0 Å². The number of nitrogens with zero attached hydrogens (tertiary/aromatic N) is 2. The molecule has 170 valence electrons. The van der Waals surface area contributed by atoms with Crippen molar-refractivity contribution >= 4 is 25.3 Å². The third-order valence-electron chi connectivity index (χ3n) is 4.64. The van der Waals surface area contributed by atoms with Crippen LogP contribution in [-0.4, -0.2) is 40.4 Å². The van der Waals surface area contributed by atoms with E-state index in [2.05, 4.69) is 15.3 Å². The van der Waals surface area contributed by atoms with Gasteiger partial charge in [-0.3, -0.25) is 9.42 Å². The van der Waals surface area contributed by atoms with E-state index >= 15 is 0 Å². The molecule has 1 unspecified atom stereocenters. The van der Waals surface area contributed by atoms with Crippen molar-refractivity contribution in [1.82, 2.24) is 9.97 Å². The van der Waals surface area contributed by atoms with E-state index in [1.54, 1.807) is 31.2 Å². The lowest BCUT2D eigenvalue weighted by atomic mass is 10.1. The number of nitrogens with two attached hydrogens (primary N) is 2. The summed E-state index contributed by atoms with van der Waals surface area (Å²) >= 11 is 0. The fourth-order valence-corrected chi connectivity index (χ4v) is 3.91. The molecule has 2 heterocycles. The topological polar surface area (TPSA) is 164 Å². The van der Waals surface area contributed by atoms with E-state index in [1.165, 1.54) is 0 Å². The number of benzene rings is 1. The number of hydrogen-bond acceptors (Lipinski definition) is 10. The number of aryl methyl sites for hydroxylation is 1. The molecular formula is C19H28N5O6P. The summed E-state index contributed by atoms with van der Waals surface area (Å²) in [5.41, 5.74) is 13.0. The first-order valence-corrected chi connectivity index (χ1v) is 11.4. The predicted octanol–water partition coefficient (Wildman–Crippen LogP) is 2.71. The Balaban J connectivity index is 1.57. The Kier molecular flexibility index (Phi) is 7.22. The van der Waals surface area contributed by atoms with Crippen LogP contribution in [0.3, 0.4) is 0 Å². The third kappa shape index (κ3) is 6.20. The number of phosphoric acid groups is 1. The van der Waals surface area contributed by atoms with Crippen molar-refractivity contribution in [3.63, 3.8) is 0 Å². The highest BCUT2D eigenvalue weighted by molar-refractivity contribution is 7.47. The van der Waals surface area contributed by atoms with Crippen LogP contribution in [0.25, 0.3) is 0 Å². The smallest absolute Gasteiger partial charge is 0.476 e. The van der Waals surface area contributed by atoms with Gasteiger partial charge in [0.05, 0.1) is 19.3 Å². The predicted molar refractivity (Wildman–Crippen MR) is 116 cm³/mol. The summed E-state index contributed by atoms with van der Waals surface area (Å²) in [7, 11) is -4.29. The van der Waals surface area contributed by atoms with Crippen molar-refractivity contribution in [1.29, 1.82) is 0 Å². The molecule has 0 saturated carbocycles. The first kappa shape index (κ1) is 23.1. The van der Waals surface area contributed by atoms with E-state index in [9.17, 15) is 9.46 Å². The lowest BCUT2D eigenvalue weighted by Gasteiger charge is -2.20. The summed E-state index contributed by atoms with van der Waals surface area (Å²) in [5.74, 6) is 0.789. The Morgan fingerprint density at radius 3 is 2.68 bits per heavy atom. The van der Waals surface area contributed by atoms with Gasteiger partial charge in [0.25, 0.3) is 0 Å². The lowest BCUT2D eigenvalue weighted by molar-refractivity contribution is 0.0184. The first-order chi connectivity index (χ1) is 14.7. The van der Waals surface area contributed by atoms with E-state index in [1.807, 2.05) is 13.8 Å². The van der Waals surface area contributed by atoms with Crippen LogP contribution in [0, 0.1) is 12.8 Å². The van der Waals surface area contributed by atoms with Crippen molar-refractivity contribution in [2.45, 2.75) is 39.5 Å². The van der Waals surface area contributed by atoms with Crippen LogP contribution in [0.2, 0.25) is 0 Å². The fraction of sp³-hybridized carbons (Fsp3) is 0.474. The van der Waals surface area contributed by atoms with Crippen molar-refractivity contribution in [2.24, 2.45) is 5.92 Å². The largest absolute Gasteiger partial charge is 0.527 e. The molecule has 31 heavy (non-hydrogen) atoms. The van der Waals surface area contributed by atoms with Gasteiger partial charge in [-0.25, -0.2) is 4.57 Å². The van der Waals surface area contributed by atoms with Gasteiger partial charge in [0.2, 0.25) is 11.8 Å². The quantitative estimate of drug-likeness (QED) is 0.413. The summed E-state index contributed by atoms with van der Waals surface area (Å²) in [5, 5.41) is 3.09. The van der Waals surface area contributed by atoms with Gasteiger partial charge in [0.15, 0.2) is 5.82 Å². The number of aromatic nitrogens is 2. The van der Waals surface area contributed by atoms with Gasteiger partial charge in [0, 0.05) is 5.92 Å². The summed E-state index contributed by atoms with van der Waals surface area (Å²) < 4.78 is 33.7. The van der Waals surface area contributed by atoms with E-state index in [4.69, 9.17) is 30.0 Å². The van der Waals surface area contributed by atoms with Crippen LogP contribution in [0.5, 0.6) is 11.6 Å². The molecular weight excluding hydrogens is 425 g/mol. The molecule has 0 amide bonds. The van der Waals surface area contributed by atoms with Crippen LogP contribution in [0.1, 0.15) is 25.8 Å². The maximum atomic E-state index is 12.2. The molecule has 12 heteroatoms. The molecule has 0 bridgehead atoms. The Morgan fingerprint density at radius 1 is 1.29 bits per heavy atom. The number of rotatable bonds is 9. The van der Waals surface area contributed by atoms with Crippen LogP contribution in [0.15, 0.2) is 24.3 Å². The number of nitrogen functional groups attached to an aromatic ring is 2. The summed E-state index contributed by atoms with van der Waals surface area (Å²) in [6, 6.07) is 6.75. The van der Waals surface area contributed by atoms with Gasteiger partial charge >= 0.3 is 7.82 Å². The highest BCUT2D eigenvalue weighted by atomic mass is 31.2. The number of ether oxygens (including phenoxy) is 2. The monoisotopic (exact) mass is 453 g/mol. The van der Waals surface area contributed by atoms with Gasteiger partial charge in [-0.1, -0.05) is 24.6 Å². The van der Waals surface area contributed by atoms with E-state index in [-0.39, 0.29) is 35.8 Å². The molecule has 11 nitrogen and oxygen atoms in total. The van der Waals surface area contributed by atoms with Crippen LogP contribution >= 0.6 is 7.82 Å². The molecule has 2 aromatic rings. The molecule has 0 aliphatic carbocycles. The first-order valence-electron chi connectivity index (χ1n) is 9.88. The second-order valence-electron chi connectivity index (χ2n) is 7.29. The minimum Gasteiger partial charge on any atom is -0.476 e. The van der Waals surface area contributed by atoms with Crippen LogP contribution in [0.4, 0.5) is 17.5 Å². The van der Waals surface area contributed by atoms with Gasteiger partial charge in [-0.2, -0.15) is 9.97 Å². The van der Waals surface area contributed by atoms with Crippen molar-refractivity contribution in [3.8, 4) is 11.6 Å². The maximum Gasteiger partial charge on any atom is 0.527 e. The molecule has 1 fully saturated rings. The molecule has 1 aromatic heterocycles. The number of anilines is 3. The maximum absolute atomic E-state index is 12.2. The zero-order valence-corrected chi connectivity index (χ0v) is 18.5. The molecule has 1 aromatic carbocycles. The third-order valence-corrected chi connectivity index (χ3v) is 5.56. The number of hydrogen-bond donors (Lipinski definition) is 4. The molecule has 0 spiro atoms. The zero-order valence-electron chi connectivity index (χ0n) is 17.6. The zero-order chi connectivity index (χ0) is 22.6. The minimum atomic E-state index is -4.29. The Morgan fingerprint density at radius 2 is 2.00 bits per heavy atom. The summed E-state index contributed by atoms with van der Waals surface area (Å²) in [6.45, 7) is 5.93. The molecule has 6 N–H and O–H groups in total. The molecule has 1 saturated heterocycles. The highest BCUT2D eigenvalue weighted by Gasteiger charge is 2.35. The van der Waals surface area contributed by atoms with Crippen LogP contribution < -0.4 is 26.0 Å². The van der Waals surface area contributed by atoms with Crippen LogP contribution in [-0.2, 0) is 13.8 Å². The molecule has 1 aliphatic rings. The standard InChI is InChI=1S/C19H28N5O6P/c1-4-27-18-15(20)16(23-19(21)24-18)22-17-12(3)9-14(29-17)10-28-31(25,26)30-13-7-5-11(2)6-8-13/h5-8,12,14,17H,4,9-10,20H2,1-3H3,(H,25,26)(H3,21,22,23,24)/t12-,14-,17+/m0/s1. The molecule has 3 rings (SSSR count). The SMILES string of the molecule is CCOc1nc(N)nc(N[C@@H]2O[C@H](COP(=O)(O)Oc3ccc(C)cc3)C[C@@H]2C)c1N. The normalized spacial score (nSPS) is 22.6. The molecule has 0 radical (unpaired) electrons.